The Morgan fingerprint density at radius 3 is 2.88 bits per heavy atom. The molecule has 0 fully saturated rings. The number of rotatable bonds is 2. The van der Waals surface area contributed by atoms with Crippen molar-refractivity contribution in [1.29, 1.82) is 0 Å². The Bertz CT molecular complexity index is 653. The van der Waals surface area contributed by atoms with Crippen molar-refractivity contribution < 1.29 is 0 Å². The average Bonchev–Trinajstić information content (AvgIpc) is 2.76. The lowest BCUT2D eigenvalue weighted by molar-refractivity contribution is 1.10. The first-order valence-corrected chi connectivity index (χ1v) is 5.23. The van der Waals surface area contributed by atoms with Crippen molar-refractivity contribution in [3.8, 4) is 0 Å². The van der Waals surface area contributed by atoms with E-state index in [4.69, 9.17) is 5.73 Å². The number of nitrogens with one attached hydrogen (secondary N) is 2. The second kappa shape index (κ2) is 3.79. The van der Waals surface area contributed by atoms with Crippen LogP contribution in [0.2, 0.25) is 0 Å². The van der Waals surface area contributed by atoms with Crippen LogP contribution >= 0.6 is 0 Å². The molecule has 17 heavy (non-hydrogen) atoms. The summed E-state index contributed by atoms with van der Waals surface area (Å²) < 4.78 is 0. The lowest BCUT2D eigenvalue weighted by atomic mass is 10.1. The number of pyridine rings is 1. The Hall–Kier alpha value is -2.56. The van der Waals surface area contributed by atoms with E-state index in [0.29, 0.717) is 5.82 Å². The largest absolute Gasteiger partial charge is 0.382 e. The van der Waals surface area contributed by atoms with Gasteiger partial charge in [-0.05, 0) is 12.1 Å². The standard InChI is InChI=1S/C12H11N5/c13-12-11(7-15-17-12)16-10-3-1-2-8-6-14-5-4-9(8)10/h1-7,16H,(H3,13,15,17). The van der Waals surface area contributed by atoms with Crippen LogP contribution in [0.5, 0.6) is 0 Å². The van der Waals surface area contributed by atoms with Gasteiger partial charge in [-0.3, -0.25) is 10.1 Å². The number of anilines is 3. The molecule has 0 unspecified atom stereocenters. The topological polar surface area (TPSA) is 79.6 Å². The summed E-state index contributed by atoms with van der Waals surface area (Å²) in [5.41, 5.74) is 7.50. The van der Waals surface area contributed by atoms with Gasteiger partial charge in [-0.2, -0.15) is 5.10 Å². The maximum atomic E-state index is 5.74. The summed E-state index contributed by atoms with van der Waals surface area (Å²) in [6.45, 7) is 0. The molecule has 0 bridgehead atoms. The van der Waals surface area contributed by atoms with Crippen molar-refractivity contribution in [3.05, 3.63) is 42.9 Å². The lowest BCUT2D eigenvalue weighted by Gasteiger charge is -2.08. The fourth-order valence-electron chi connectivity index (χ4n) is 1.77. The van der Waals surface area contributed by atoms with Crippen molar-refractivity contribution in [1.82, 2.24) is 15.2 Å². The number of hydrogen-bond donors (Lipinski definition) is 3. The van der Waals surface area contributed by atoms with Gasteiger partial charge in [0.25, 0.3) is 0 Å². The number of nitrogens with two attached hydrogens (primary N) is 1. The van der Waals surface area contributed by atoms with E-state index in [-0.39, 0.29) is 0 Å². The van der Waals surface area contributed by atoms with E-state index >= 15 is 0 Å². The molecule has 0 saturated heterocycles. The Morgan fingerprint density at radius 2 is 2.06 bits per heavy atom. The summed E-state index contributed by atoms with van der Waals surface area (Å²) in [5, 5.41) is 12.0. The highest BCUT2D eigenvalue weighted by atomic mass is 15.2. The fourth-order valence-corrected chi connectivity index (χ4v) is 1.77. The molecule has 0 radical (unpaired) electrons. The number of aromatic nitrogens is 3. The van der Waals surface area contributed by atoms with Gasteiger partial charge in [-0.25, -0.2) is 0 Å². The van der Waals surface area contributed by atoms with Gasteiger partial charge in [0.05, 0.1) is 6.20 Å². The van der Waals surface area contributed by atoms with Gasteiger partial charge in [0, 0.05) is 28.9 Å². The molecule has 0 aliphatic carbocycles. The first-order valence-electron chi connectivity index (χ1n) is 5.23. The maximum absolute atomic E-state index is 5.74. The monoisotopic (exact) mass is 225 g/mol. The predicted octanol–water partition coefficient (Wildman–Crippen LogP) is 2.28. The summed E-state index contributed by atoms with van der Waals surface area (Å²) in [6, 6.07) is 7.96. The molecular weight excluding hydrogens is 214 g/mol. The van der Waals surface area contributed by atoms with Crippen LogP contribution in [0, 0.1) is 0 Å². The average molecular weight is 225 g/mol. The van der Waals surface area contributed by atoms with Crippen molar-refractivity contribution in [3.63, 3.8) is 0 Å². The van der Waals surface area contributed by atoms with E-state index < -0.39 is 0 Å². The lowest BCUT2D eigenvalue weighted by Crippen LogP contribution is -1.94. The van der Waals surface area contributed by atoms with Crippen LogP contribution in [-0.4, -0.2) is 15.2 Å². The van der Waals surface area contributed by atoms with E-state index in [0.717, 1.165) is 22.1 Å². The minimum Gasteiger partial charge on any atom is -0.382 e. The molecule has 5 heteroatoms. The minimum absolute atomic E-state index is 0.524. The van der Waals surface area contributed by atoms with E-state index in [2.05, 4.69) is 20.5 Å². The third-order valence-electron chi connectivity index (χ3n) is 2.62. The highest BCUT2D eigenvalue weighted by Gasteiger charge is 2.04. The molecule has 2 aromatic heterocycles. The van der Waals surface area contributed by atoms with E-state index in [9.17, 15) is 0 Å². The number of fused-ring (bicyclic) bond motifs is 1. The Morgan fingerprint density at radius 1 is 1.12 bits per heavy atom. The summed E-state index contributed by atoms with van der Waals surface area (Å²) in [4.78, 5) is 4.10. The zero-order chi connectivity index (χ0) is 11.7. The quantitative estimate of drug-likeness (QED) is 0.625. The highest BCUT2D eigenvalue weighted by molar-refractivity contribution is 5.95. The molecule has 1 aromatic carbocycles. The second-order valence-electron chi connectivity index (χ2n) is 3.72. The van der Waals surface area contributed by atoms with Gasteiger partial charge < -0.3 is 11.1 Å². The third kappa shape index (κ3) is 1.67. The van der Waals surface area contributed by atoms with Crippen molar-refractivity contribution in [2.75, 3.05) is 11.1 Å². The molecule has 5 nitrogen and oxygen atoms in total. The predicted molar refractivity (Wildman–Crippen MR) is 68.0 cm³/mol. The van der Waals surface area contributed by atoms with Gasteiger partial charge >= 0.3 is 0 Å². The molecule has 84 valence electrons. The molecule has 0 atom stereocenters. The van der Waals surface area contributed by atoms with Gasteiger partial charge in [-0.15, -0.1) is 0 Å². The van der Waals surface area contributed by atoms with Crippen LogP contribution in [0.25, 0.3) is 10.8 Å². The zero-order valence-corrected chi connectivity index (χ0v) is 9.01. The number of H-pyrrole nitrogens is 1. The molecule has 0 saturated carbocycles. The van der Waals surface area contributed by atoms with Crippen LogP contribution in [0.3, 0.4) is 0 Å². The molecule has 0 aliphatic heterocycles. The second-order valence-corrected chi connectivity index (χ2v) is 3.72. The smallest absolute Gasteiger partial charge is 0.143 e. The van der Waals surface area contributed by atoms with E-state index in [1.807, 2.05) is 30.5 Å². The third-order valence-corrected chi connectivity index (χ3v) is 2.62. The molecular formula is C12H11N5. The molecule has 0 spiro atoms. The minimum atomic E-state index is 0.524. The fraction of sp³-hybridized carbons (Fsp3) is 0. The first kappa shape index (κ1) is 9.65. The van der Waals surface area contributed by atoms with Crippen LogP contribution in [-0.2, 0) is 0 Å². The zero-order valence-electron chi connectivity index (χ0n) is 9.01. The normalized spacial score (nSPS) is 10.6. The van der Waals surface area contributed by atoms with Crippen molar-refractivity contribution >= 4 is 28.0 Å². The number of aromatic amines is 1. The van der Waals surface area contributed by atoms with Gasteiger partial charge in [-0.1, -0.05) is 12.1 Å². The molecule has 3 aromatic rings. The summed E-state index contributed by atoms with van der Waals surface area (Å²) in [5.74, 6) is 0.524. The highest BCUT2D eigenvalue weighted by Crippen LogP contribution is 2.27. The van der Waals surface area contributed by atoms with E-state index in [1.54, 1.807) is 12.4 Å². The molecule has 0 amide bonds. The maximum Gasteiger partial charge on any atom is 0.143 e. The van der Waals surface area contributed by atoms with Crippen LogP contribution in [0.4, 0.5) is 17.2 Å². The Kier molecular flexibility index (Phi) is 2.15. The van der Waals surface area contributed by atoms with Crippen LogP contribution in [0.15, 0.2) is 42.9 Å². The van der Waals surface area contributed by atoms with E-state index in [1.165, 1.54) is 0 Å². The van der Waals surface area contributed by atoms with Crippen LogP contribution < -0.4 is 11.1 Å². The van der Waals surface area contributed by atoms with Gasteiger partial charge in [0.1, 0.15) is 11.5 Å². The number of benzene rings is 1. The molecule has 3 rings (SSSR count). The van der Waals surface area contributed by atoms with Gasteiger partial charge in [0.2, 0.25) is 0 Å². The summed E-state index contributed by atoms with van der Waals surface area (Å²) in [6.07, 6.45) is 5.26. The Balaban J connectivity index is 2.09. The van der Waals surface area contributed by atoms with Crippen LogP contribution in [0.1, 0.15) is 0 Å². The molecule has 0 aliphatic rings. The SMILES string of the molecule is Nc1[nH]ncc1Nc1cccc2cnccc12. The Labute approximate surface area is 97.7 Å². The molecule has 4 N–H and O–H groups in total. The molecule has 2 heterocycles. The summed E-state index contributed by atoms with van der Waals surface area (Å²) in [7, 11) is 0. The van der Waals surface area contributed by atoms with Crippen molar-refractivity contribution in [2.45, 2.75) is 0 Å². The first-order chi connectivity index (χ1) is 8.34. The summed E-state index contributed by atoms with van der Waals surface area (Å²) >= 11 is 0. The van der Waals surface area contributed by atoms with Gasteiger partial charge in [0.15, 0.2) is 0 Å². The van der Waals surface area contributed by atoms with Crippen molar-refractivity contribution in [2.24, 2.45) is 0 Å². The number of nitrogens with zero attached hydrogens (tertiary/aromatic N) is 2. The number of nitrogen functional groups attached to an aromatic ring is 1. The number of hydrogen-bond acceptors (Lipinski definition) is 4.